The molecule has 3 heteroatoms. The fourth-order valence-corrected chi connectivity index (χ4v) is 2.78. The second-order valence-electron chi connectivity index (χ2n) is 5.69. The quantitative estimate of drug-likeness (QED) is 0.854. The Labute approximate surface area is 120 Å². The molecule has 0 bridgehead atoms. The largest absolute Gasteiger partial charge is 0.384 e. The smallest absolute Gasteiger partial charge is 0.124 e. The normalized spacial score (nSPS) is 11.3. The molecule has 0 aliphatic carbocycles. The SMILES string of the molecule is CCCNc1c(C(C)C)c(C)nc2c(C)cc(F)cc12. The number of rotatable bonds is 4. The van der Waals surface area contributed by atoms with Gasteiger partial charge in [0.2, 0.25) is 0 Å². The monoisotopic (exact) mass is 274 g/mol. The maximum absolute atomic E-state index is 13.8. The summed E-state index contributed by atoms with van der Waals surface area (Å²) in [6.07, 6.45) is 1.04. The molecule has 20 heavy (non-hydrogen) atoms. The molecule has 0 saturated heterocycles. The average Bonchev–Trinajstić information content (AvgIpc) is 2.36. The molecule has 108 valence electrons. The van der Waals surface area contributed by atoms with Gasteiger partial charge in [0.25, 0.3) is 0 Å². The van der Waals surface area contributed by atoms with Gasteiger partial charge in [0.1, 0.15) is 5.82 Å². The van der Waals surface area contributed by atoms with Crippen LogP contribution in [-0.4, -0.2) is 11.5 Å². The van der Waals surface area contributed by atoms with E-state index in [1.807, 2.05) is 13.8 Å². The van der Waals surface area contributed by atoms with Crippen LogP contribution < -0.4 is 5.32 Å². The maximum atomic E-state index is 13.8. The molecule has 0 saturated carbocycles. The van der Waals surface area contributed by atoms with Crippen molar-refractivity contribution in [2.75, 3.05) is 11.9 Å². The van der Waals surface area contributed by atoms with Gasteiger partial charge in [-0.3, -0.25) is 4.98 Å². The van der Waals surface area contributed by atoms with E-state index in [9.17, 15) is 4.39 Å². The van der Waals surface area contributed by atoms with Gasteiger partial charge in [0.15, 0.2) is 0 Å². The zero-order valence-corrected chi connectivity index (χ0v) is 13.0. The third kappa shape index (κ3) is 2.62. The van der Waals surface area contributed by atoms with Crippen LogP contribution in [0.15, 0.2) is 12.1 Å². The van der Waals surface area contributed by atoms with E-state index < -0.39 is 0 Å². The number of benzene rings is 1. The number of aromatic nitrogens is 1. The number of nitrogens with zero attached hydrogens (tertiary/aromatic N) is 1. The van der Waals surface area contributed by atoms with Crippen molar-refractivity contribution in [1.82, 2.24) is 4.98 Å². The highest BCUT2D eigenvalue weighted by atomic mass is 19.1. The van der Waals surface area contributed by atoms with Crippen molar-refractivity contribution in [3.05, 3.63) is 34.8 Å². The minimum Gasteiger partial charge on any atom is -0.384 e. The van der Waals surface area contributed by atoms with Gasteiger partial charge >= 0.3 is 0 Å². The fraction of sp³-hybridized carbons (Fsp3) is 0.471. The standard InChI is InChI=1S/C17H23FN2/c1-6-7-19-17-14-9-13(18)8-11(4)16(14)20-12(5)15(17)10(2)3/h8-10H,6-7H2,1-5H3,(H,19,20). The lowest BCUT2D eigenvalue weighted by Crippen LogP contribution is -2.08. The first-order valence-corrected chi connectivity index (χ1v) is 7.29. The Hall–Kier alpha value is -1.64. The fourth-order valence-electron chi connectivity index (χ4n) is 2.78. The molecule has 1 N–H and O–H groups in total. The molecule has 2 rings (SSSR count). The molecule has 0 amide bonds. The summed E-state index contributed by atoms with van der Waals surface area (Å²) in [6.45, 7) is 11.3. The molecular weight excluding hydrogens is 251 g/mol. The first kappa shape index (κ1) is 14.8. The van der Waals surface area contributed by atoms with Crippen molar-refractivity contribution in [1.29, 1.82) is 0 Å². The summed E-state index contributed by atoms with van der Waals surface area (Å²) < 4.78 is 13.8. The van der Waals surface area contributed by atoms with E-state index in [4.69, 9.17) is 4.98 Å². The third-order valence-electron chi connectivity index (χ3n) is 3.60. The molecule has 0 aliphatic heterocycles. The van der Waals surface area contributed by atoms with Crippen LogP contribution in [0.25, 0.3) is 10.9 Å². The summed E-state index contributed by atoms with van der Waals surface area (Å²) >= 11 is 0. The molecule has 0 radical (unpaired) electrons. The third-order valence-corrected chi connectivity index (χ3v) is 3.60. The topological polar surface area (TPSA) is 24.9 Å². The van der Waals surface area contributed by atoms with Crippen molar-refractivity contribution < 1.29 is 4.39 Å². The highest BCUT2D eigenvalue weighted by molar-refractivity contribution is 5.95. The minimum atomic E-state index is -0.199. The first-order valence-electron chi connectivity index (χ1n) is 7.29. The highest BCUT2D eigenvalue weighted by Crippen LogP contribution is 2.35. The molecule has 0 unspecified atom stereocenters. The minimum absolute atomic E-state index is 0.199. The molecule has 0 fully saturated rings. The van der Waals surface area contributed by atoms with Crippen LogP contribution >= 0.6 is 0 Å². The Morgan fingerprint density at radius 3 is 2.55 bits per heavy atom. The molecule has 2 nitrogen and oxygen atoms in total. The summed E-state index contributed by atoms with van der Waals surface area (Å²) in [5, 5.41) is 4.37. The zero-order valence-electron chi connectivity index (χ0n) is 13.0. The Bertz CT molecular complexity index is 633. The van der Waals surface area contributed by atoms with Crippen LogP contribution in [0, 0.1) is 19.7 Å². The Morgan fingerprint density at radius 1 is 1.25 bits per heavy atom. The van der Waals surface area contributed by atoms with Gasteiger partial charge in [-0.25, -0.2) is 4.39 Å². The van der Waals surface area contributed by atoms with Crippen LogP contribution in [-0.2, 0) is 0 Å². The van der Waals surface area contributed by atoms with E-state index in [0.29, 0.717) is 5.92 Å². The van der Waals surface area contributed by atoms with Gasteiger partial charge in [0.05, 0.1) is 5.52 Å². The van der Waals surface area contributed by atoms with Crippen molar-refractivity contribution in [3.8, 4) is 0 Å². The summed E-state index contributed by atoms with van der Waals surface area (Å²) in [6, 6.07) is 3.14. The van der Waals surface area contributed by atoms with E-state index in [2.05, 4.69) is 26.1 Å². The second kappa shape index (κ2) is 5.78. The van der Waals surface area contributed by atoms with Crippen LogP contribution in [0.2, 0.25) is 0 Å². The Morgan fingerprint density at radius 2 is 1.95 bits per heavy atom. The number of aryl methyl sites for hydroxylation is 2. The van der Waals surface area contributed by atoms with Crippen molar-refractivity contribution in [3.63, 3.8) is 0 Å². The van der Waals surface area contributed by atoms with Gasteiger partial charge in [-0.2, -0.15) is 0 Å². The molecule has 0 aliphatic rings. The maximum Gasteiger partial charge on any atom is 0.124 e. The van der Waals surface area contributed by atoms with Crippen LogP contribution in [0.5, 0.6) is 0 Å². The summed E-state index contributed by atoms with van der Waals surface area (Å²) in [5.74, 6) is 0.157. The number of anilines is 1. The molecule has 2 aromatic rings. The number of nitrogens with one attached hydrogen (secondary N) is 1. The van der Waals surface area contributed by atoms with Crippen LogP contribution in [0.1, 0.15) is 49.9 Å². The Kier molecular flexibility index (Phi) is 4.26. The summed E-state index contributed by atoms with van der Waals surface area (Å²) in [4.78, 5) is 4.70. The average molecular weight is 274 g/mol. The van der Waals surface area contributed by atoms with E-state index in [1.165, 1.54) is 5.56 Å². The number of hydrogen-bond acceptors (Lipinski definition) is 2. The Balaban J connectivity index is 2.80. The predicted molar refractivity (Wildman–Crippen MR) is 84.0 cm³/mol. The van der Waals surface area contributed by atoms with Crippen LogP contribution in [0.4, 0.5) is 10.1 Å². The van der Waals surface area contributed by atoms with Gasteiger partial charge in [-0.1, -0.05) is 20.8 Å². The summed E-state index contributed by atoms with van der Waals surface area (Å²) in [7, 11) is 0. The van der Waals surface area contributed by atoms with E-state index in [0.717, 1.165) is 40.8 Å². The predicted octanol–water partition coefficient (Wildman–Crippen LogP) is 4.94. The van der Waals surface area contributed by atoms with E-state index in [1.54, 1.807) is 12.1 Å². The highest BCUT2D eigenvalue weighted by Gasteiger charge is 2.16. The lowest BCUT2D eigenvalue weighted by molar-refractivity contribution is 0.628. The lowest BCUT2D eigenvalue weighted by Gasteiger charge is -2.20. The number of hydrogen-bond donors (Lipinski definition) is 1. The number of halogens is 1. The van der Waals surface area contributed by atoms with E-state index >= 15 is 0 Å². The summed E-state index contributed by atoms with van der Waals surface area (Å²) in [5.41, 5.74) is 5.05. The van der Waals surface area contributed by atoms with Gasteiger partial charge in [-0.05, 0) is 49.4 Å². The second-order valence-corrected chi connectivity index (χ2v) is 5.69. The molecule has 0 atom stereocenters. The van der Waals surface area contributed by atoms with Gasteiger partial charge in [0, 0.05) is 23.3 Å². The molecule has 1 aromatic heterocycles. The van der Waals surface area contributed by atoms with Crippen LogP contribution in [0.3, 0.4) is 0 Å². The number of pyridine rings is 1. The van der Waals surface area contributed by atoms with Gasteiger partial charge in [-0.15, -0.1) is 0 Å². The molecule has 0 spiro atoms. The van der Waals surface area contributed by atoms with Crippen molar-refractivity contribution in [2.45, 2.75) is 47.0 Å². The lowest BCUT2D eigenvalue weighted by atomic mass is 9.95. The first-order chi connectivity index (χ1) is 9.45. The molecule has 1 heterocycles. The van der Waals surface area contributed by atoms with Gasteiger partial charge < -0.3 is 5.32 Å². The van der Waals surface area contributed by atoms with E-state index in [-0.39, 0.29) is 5.82 Å². The molecular formula is C17H23FN2. The van der Waals surface area contributed by atoms with Crippen molar-refractivity contribution in [2.24, 2.45) is 0 Å². The zero-order chi connectivity index (χ0) is 14.9. The molecule has 1 aromatic carbocycles. The van der Waals surface area contributed by atoms with Crippen molar-refractivity contribution >= 4 is 16.6 Å². The number of fused-ring (bicyclic) bond motifs is 1.